The number of benzene rings is 2. The summed E-state index contributed by atoms with van der Waals surface area (Å²) in [7, 11) is 1.58. The third-order valence-corrected chi connectivity index (χ3v) is 5.05. The second-order valence-corrected chi connectivity index (χ2v) is 7.03. The number of anilines is 2. The molecule has 1 saturated heterocycles. The molecule has 7 heteroatoms. The van der Waals surface area contributed by atoms with Gasteiger partial charge in [-0.1, -0.05) is 12.1 Å². The van der Waals surface area contributed by atoms with Crippen LogP contribution in [0.25, 0.3) is 5.69 Å². The van der Waals surface area contributed by atoms with Crippen molar-refractivity contribution in [3.63, 3.8) is 0 Å². The minimum atomic E-state index is -0.413. The molecule has 1 atom stereocenters. The van der Waals surface area contributed by atoms with Crippen molar-refractivity contribution in [1.82, 2.24) is 9.78 Å². The largest absolute Gasteiger partial charge is 0.497 e. The number of ether oxygens (including phenoxy) is 1. The molecule has 0 spiro atoms. The van der Waals surface area contributed by atoms with Crippen molar-refractivity contribution in [3.8, 4) is 11.4 Å². The molecule has 0 unspecified atom stereocenters. The number of hydrogen-bond acceptors (Lipinski definition) is 4. The van der Waals surface area contributed by atoms with Gasteiger partial charge < -0.3 is 15.0 Å². The molecule has 3 aromatic rings. The molecule has 2 heterocycles. The van der Waals surface area contributed by atoms with E-state index in [9.17, 15) is 9.59 Å². The maximum Gasteiger partial charge on any atom is 0.229 e. The molecule has 0 saturated carbocycles. The number of methoxy groups -OCH3 is 1. The Bertz CT molecular complexity index is 1060. The normalized spacial score (nSPS) is 16.1. The minimum Gasteiger partial charge on any atom is -0.497 e. The van der Waals surface area contributed by atoms with Crippen LogP contribution in [0.3, 0.4) is 0 Å². The molecule has 1 aliphatic heterocycles. The number of nitrogens with zero attached hydrogens (tertiary/aromatic N) is 3. The Morgan fingerprint density at radius 2 is 1.93 bits per heavy atom. The second-order valence-electron chi connectivity index (χ2n) is 7.03. The predicted octanol–water partition coefficient (Wildman–Crippen LogP) is 3.18. The topological polar surface area (TPSA) is 76.5 Å². The molecule has 0 bridgehead atoms. The number of hydrogen-bond donors (Lipinski definition) is 1. The van der Waals surface area contributed by atoms with Gasteiger partial charge in [0.25, 0.3) is 0 Å². The molecule has 1 aromatic heterocycles. The third-order valence-electron chi connectivity index (χ3n) is 5.05. The highest BCUT2D eigenvalue weighted by Gasteiger charge is 2.35. The summed E-state index contributed by atoms with van der Waals surface area (Å²) < 4.78 is 7.03. The third kappa shape index (κ3) is 3.85. The predicted molar refractivity (Wildman–Crippen MR) is 110 cm³/mol. The van der Waals surface area contributed by atoms with Crippen molar-refractivity contribution in [2.45, 2.75) is 13.3 Å². The van der Waals surface area contributed by atoms with E-state index >= 15 is 0 Å². The van der Waals surface area contributed by atoms with Gasteiger partial charge in [0, 0.05) is 42.3 Å². The van der Waals surface area contributed by atoms with Crippen LogP contribution in [0, 0.1) is 12.8 Å². The Labute approximate surface area is 168 Å². The first kappa shape index (κ1) is 18.7. The van der Waals surface area contributed by atoms with Crippen LogP contribution in [0.1, 0.15) is 12.1 Å². The van der Waals surface area contributed by atoms with Gasteiger partial charge in [-0.05, 0) is 43.3 Å². The number of amides is 2. The minimum absolute atomic E-state index is 0.0701. The molecule has 2 amide bonds. The molecule has 1 N–H and O–H groups in total. The Kier molecular flexibility index (Phi) is 5.03. The molecule has 4 rings (SSSR count). The van der Waals surface area contributed by atoms with E-state index in [1.165, 1.54) is 0 Å². The van der Waals surface area contributed by atoms with Gasteiger partial charge >= 0.3 is 0 Å². The smallest absolute Gasteiger partial charge is 0.229 e. The fourth-order valence-electron chi connectivity index (χ4n) is 3.51. The highest BCUT2D eigenvalue weighted by molar-refractivity contribution is 6.03. The van der Waals surface area contributed by atoms with Crippen molar-refractivity contribution in [2.24, 2.45) is 5.92 Å². The van der Waals surface area contributed by atoms with Crippen molar-refractivity contribution < 1.29 is 14.3 Å². The molecule has 0 radical (unpaired) electrons. The summed E-state index contributed by atoms with van der Waals surface area (Å²) in [6, 6.07) is 16.7. The van der Waals surface area contributed by atoms with Crippen molar-refractivity contribution in [1.29, 1.82) is 0 Å². The van der Waals surface area contributed by atoms with E-state index in [1.807, 2.05) is 55.5 Å². The quantitative estimate of drug-likeness (QED) is 0.726. The Balaban J connectivity index is 1.47. The molecule has 148 valence electrons. The van der Waals surface area contributed by atoms with Gasteiger partial charge in [-0.3, -0.25) is 9.59 Å². The molecular weight excluding hydrogens is 368 g/mol. The van der Waals surface area contributed by atoms with Crippen LogP contribution in [-0.2, 0) is 9.59 Å². The number of carbonyl (C=O) groups excluding carboxylic acids is 2. The summed E-state index contributed by atoms with van der Waals surface area (Å²) in [5.41, 5.74) is 3.28. The summed E-state index contributed by atoms with van der Waals surface area (Å²) in [5, 5.41) is 7.23. The molecule has 2 aromatic carbocycles. The van der Waals surface area contributed by atoms with E-state index in [0.29, 0.717) is 18.0 Å². The van der Waals surface area contributed by atoms with Crippen molar-refractivity contribution >= 4 is 23.2 Å². The van der Waals surface area contributed by atoms with Crippen LogP contribution in [0.5, 0.6) is 5.75 Å². The average molecular weight is 390 g/mol. The first-order valence-corrected chi connectivity index (χ1v) is 9.41. The molecule has 1 fully saturated rings. The standard InChI is InChI=1S/C22H22N4O3/c1-15-9-10-23-26(15)19-7-3-5-17(12-19)24-22(28)16-11-21(27)25(14-16)18-6-4-8-20(13-18)29-2/h3-10,12-13,16H,11,14H2,1-2H3,(H,24,28)/t16-/m1/s1. The van der Waals surface area contributed by atoms with Crippen LogP contribution < -0.4 is 15.0 Å². The SMILES string of the molecule is COc1cccc(N2C[C@H](C(=O)Nc3cccc(-n4nccc4C)c3)CC2=O)c1. The van der Waals surface area contributed by atoms with Gasteiger partial charge in [-0.25, -0.2) is 4.68 Å². The summed E-state index contributed by atoms with van der Waals surface area (Å²) in [4.78, 5) is 26.9. The van der Waals surface area contributed by atoms with Crippen molar-refractivity contribution in [2.75, 3.05) is 23.9 Å². The van der Waals surface area contributed by atoms with Crippen LogP contribution in [0.2, 0.25) is 0 Å². The molecule has 1 aliphatic rings. The highest BCUT2D eigenvalue weighted by atomic mass is 16.5. The summed E-state index contributed by atoms with van der Waals surface area (Å²) in [6.45, 7) is 2.31. The van der Waals surface area contributed by atoms with Gasteiger partial charge in [0.15, 0.2) is 0 Å². The number of aryl methyl sites for hydroxylation is 1. The Hall–Kier alpha value is -3.61. The first-order valence-electron chi connectivity index (χ1n) is 9.41. The monoisotopic (exact) mass is 390 g/mol. The highest BCUT2D eigenvalue weighted by Crippen LogP contribution is 2.28. The Morgan fingerprint density at radius 1 is 1.14 bits per heavy atom. The first-order chi connectivity index (χ1) is 14.0. The van der Waals surface area contributed by atoms with Crippen LogP contribution >= 0.6 is 0 Å². The van der Waals surface area contributed by atoms with Gasteiger partial charge in [-0.2, -0.15) is 5.10 Å². The summed E-state index contributed by atoms with van der Waals surface area (Å²) in [5.74, 6) is 0.0233. The number of carbonyl (C=O) groups is 2. The maximum absolute atomic E-state index is 12.8. The zero-order chi connectivity index (χ0) is 20.4. The van der Waals surface area contributed by atoms with E-state index in [-0.39, 0.29) is 18.2 Å². The molecular formula is C22H22N4O3. The van der Waals surface area contributed by atoms with Gasteiger partial charge in [-0.15, -0.1) is 0 Å². The van der Waals surface area contributed by atoms with Crippen molar-refractivity contribution in [3.05, 3.63) is 66.5 Å². The van der Waals surface area contributed by atoms with E-state index in [0.717, 1.165) is 17.1 Å². The lowest BCUT2D eigenvalue weighted by Gasteiger charge is -2.17. The summed E-state index contributed by atoms with van der Waals surface area (Å²) in [6.07, 6.45) is 1.92. The van der Waals surface area contributed by atoms with Crippen LogP contribution in [0.4, 0.5) is 11.4 Å². The van der Waals surface area contributed by atoms with Gasteiger partial charge in [0.2, 0.25) is 11.8 Å². The van der Waals surface area contributed by atoms with Gasteiger partial charge in [0.05, 0.1) is 18.7 Å². The van der Waals surface area contributed by atoms with E-state index in [1.54, 1.807) is 29.0 Å². The lowest BCUT2D eigenvalue weighted by atomic mass is 10.1. The van der Waals surface area contributed by atoms with Crippen LogP contribution in [0.15, 0.2) is 60.8 Å². The molecule has 0 aliphatic carbocycles. The average Bonchev–Trinajstić information content (AvgIpc) is 3.34. The zero-order valence-electron chi connectivity index (χ0n) is 16.3. The zero-order valence-corrected chi connectivity index (χ0v) is 16.3. The number of aromatic nitrogens is 2. The lowest BCUT2D eigenvalue weighted by Crippen LogP contribution is -2.28. The maximum atomic E-state index is 12.8. The number of rotatable bonds is 5. The Morgan fingerprint density at radius 3 is 2.69 bits per heavy atom. The van der Waals surface area contributed by atoms with E-state index < -0.39 is 5.92 Å². The summed E-state index contributed by atoms with van der Waals surface area (Å²) >= 11 is 0. The second kappa shape index (κ2) is 7.79. The molecule has 7 nitrogen and oxygen atoms in total. The van der Waals surface area contributed by atoms with E-state index in [2.05, 4.69) is 10.4 Å². The fraction of sp³-hybridized carbons (Fsp3) is 0.227. The fourth-order valence-corrected chi connectivity index (χ4v) is 3.51. The lowest BCUT2D eigenvalue weighted by molar-refractivity contribution is -0.122. The molecule has 29 heavy (non-hydrogen) atoms. The van der Waals surface area contributed by atoms with Crippen LogP contribution in [-0.4, -0.2) is 35.2 Å². The number of nitrogens with one attached hydrogen (secondary N) is 1. The van der Waals surface area contributed by atoms with E-state index in [4.69, 9.17) is 4.74 Å². The van der Waals surface area contributed by atoms with Gasteiger partial charge in [0.1, 0.15) is 5.75 Å².